The summed E-state index contributed by atoms with van der Waals surface area (Å²) in [5.41, 5.74) is 5.16. The van der Waals surface area contributed by atoms with Gasteiger partial charge in [0.2, 0.25) is 0 Å². The van der Waals surface area contributed by atoms with Crippen molar-refractivity contribution in [1.82, 2.24) is 9.80 Å². The quantitative estimate of drug-likeness (QED) is 0.0448. The Morgan fingerprint density at radius 1 is 0.500 bits per heavy atom. The molecule has 8 nitrogen and oxygen atoms in total. The van der Waals surface area contributed by atoms with Crippen molar-refractivity contribution in [3.8, 4) is 11.5 Å². The highest BCUT2D eigenvalue weighted by Gasteiger charge is 2.41. The largest absolute Gasteiger partial charge is 0.492 e. The molecule has 70 heavy (non-hydrogen) atoms. The number of hydrogen-bond acceptors (Lipinski definition) is 8. The summed E-state index contributed by atoms with van der Waals surface area (Å²) in [6, 6.07) is 60.4. The average Bonchev–Trinajstić information content (AvgIpc) is 3.38. The molecule has 3 atom stereocenters. The molecule has 0 bridgehead atoms. The smallest absolute Gasteiger partial charge is 0.170 e. The van der Waals surface area contributed by atoms with Crippen LogP contribution in [0.3, 0.4) is 0 Å². The second-order valence-electron chi connectivity index (χ2n) is 17.7. The zero-order chi connectivity index (χ0) is 49.6. The molecule has 0 radical (unpaired) electrons. The van der Waals surface area contributed by atoms with Crippen molar-refractivity contribution in [1.29, 1.82) is 0 Å². The van der Waals surface area contributed by atoms with Crippen molar-refractivity contribution < 1.29 is 28.8 Å². The Bertz CT molecular complexity index is 2550. The molecule has 0 aromatic heterocycles. The number of halogens is 2. The van der Waals surface area contributed by atoms with Crippen molar-refractivity contribution in [2.45, 2.75) is 43.5 Å². The number of Topliss-reactive ketones (excluding diaryl/α,β-unsaturated/α-hetero) is 1. The normalized spacial score (nSPS) is 12.9. The Kier molecular flexibility index (Phi) is 21.5. The molecule has 0 aliphatic heterocycles. The number of nitrogens with zero attached hydrogens (tertiary/aromatic N) is 2. The molecule has 366 valence electrons. The van der Waals surface area contributed by atoms with E-state index in [9.17, 15) is 9.90 Å². The second-order valence-corrected chi connectivity index (χ2v) is 18.6. The lowest BCUT2D eigenvalue weighted by Gasteiger charge is -2.38. The summed E-state index contributed by atoms with van der Waals surface area (Å²) in [5.74, 6) is 1.02. The molecular formula is C60H66Cl2N2O6. The SMILES string of the molecule is CN(C)CCOc1ccc(C(=O)C(CCOCc2ccccc2)c2ccc(Cl)cc2)cc1.CN(C)CCOc1ccc(C(O)(c2ccccc2)C(CCOCc2ccccc2)c2ccc(Cl)cc2)cc1. The van der Waals surface area contributed by atoms with Gasteiger partial charge in [0.25, 0.3) is 0 Å². The number of ketones is 1. The van der Waals surface area contributed by atoms with Crippen LogP contribution in [0.5, 0.6) is 11.5 Å². The van der Waals surface area contributed by atoms with Crippen molar-refractivity contribution in [3.05, 3.63) is 237 Å². The highest BCUT2D eigenvalue weighted by Crippen LogP contribution is 2.45. The molecule has 7 aromatic rings. The van der Waals surface area contributed by atoms with Gasteiger partial charge in [-0.15, -0.1) is 0 Å². The van der Waals surface area contributed by atoms with Crippen LogP contribution < -0.4 is 9.47 Å². The number of aliphatic hydroxyl groups is 1. The zero-order valence-corrected chi connectivity index (χ0v) is 42.3. The Hall–Kier alpha value is -5.81. The van der Waals surface area contributed by atoms with Gasteiger partial charge in [0, 0.05) is 53.7 Å². The zero-order valence-electron chi connectivity index (χ0n) is 40.8. The minimum atomic E-state index is -1.30. The topological polar surface area (TPSA) is 80.7 Å². The Morgan fingerprint density at radius 3 is 1.39 bits per heavy atom. The van der Waals surface area contributed by atoms with E-state index in [-0.39, 0.29) is 17.6 Å². The van der Waals surface area contributed by atoms with E-state index in [2.05, 4.69) is 21.9 Å². The van der Waals surface area contributed by atoms with Crippen LogP contribution in [0.4, 0.5) is 0 Å². The fraction of sp³-hybridized carbons (Fsp3) is 0.283. The molecule has 7 rings (SSSR count). The lowest BCUT2D eigenvalue weighted by atomic mass is 9.71. The van der Waals surface area contributed by atoms with Gasteiger partial charge < -0.3 is 33.9 Å². The van der Waals surface area contributed by atoms with Gasteiger partial charge in [-0.1, -0.05) is 151 Å². The first kappa shape index (κ1) is 53.5. The molecule has 0 spiro atoms. The second kappa shape index (κ2) is 28.1. The molecule has 0 heterocycles. The Morgan fingerprint density at radius 2 is 0.914 bits per heavy atom. The highest BCUT2D eigenvalue weighted by atomic mass is 35.5. The van der Waals surface area contributed by atoms with Gasteiger partial charge in [-0.3, -0.25) is 4.79 Å². The summed E-state index contributed by atoms with van der Waals surface area (Å²) in [7, 11) is 8.05. The number of benzene rings is 7. The fourth-order valence-electron chi connectivity index (χ4n) is 8.06. The molecule has 1 N–H and O–H groups in total. The first-order valence-electron chi connectivity index (χ1n) is 23.8. The summed E-state index contributed by atoms with van der Waals surface area (Å²) in [6.07, 6.45) is 1.20. The van der Waals surface area contributed by atoms with Gasteiger partial charge in [-0.25, -0.2) is 0 Å². The van der Waals surface area contributed by atoms with Gasteiger partial charge in [0.1, 0.15) is 30.3 Å². The first-order valence-corrected chi connectivity index (χ1v) is 24.6. The summed E-state index contributed by atoms with van der Waals surface area (Å²) in [5, 5.41) is 14.0. The fourth-order valence-corrected chi connectivity index (χ4v) is 8.31. The van der Waals surface area contributed by atoms with Crippen molar-refractivity contribution in [3.63, 3.8) is 0 Å². The van der Waals surface area contributed by atoms with Gasteiger partial charge in [0.05, 0.1) is 13.2 Å². The monoisotopic (exact) mass is 980 g/mol. The third kappa shape index (κ3) is 16.7. The molecule has 0 saturated heterocycles. The van der Waals surface area contributed by atoms with Crippen LogP contribution in [-0.2, 0) is 28.3 Å². The molecular weight excluding hydrogens is 916 g/mol. The maximum absolute atomic E-state index is 13.4. The number of rotatable bonds is 25. The van der Waals surface area contributed by atoms with Crippen molar-refractivity contribution in [2.75, 3.05) is 67.7 Å². The van der Waals surface area contributed by atoms with Gasteiger partial charge in [-0.05, 0) is 135 Å². The molecule has 0 fully saturated rings. The molecule has 0 aliphatic carbocycles. The van der Waals surface area contributed by atoms with Crippen molar-refractivity contribution >= 4 is 29.0 Å². The molecule has 10 heteroatoms. The highest BCUT2D eigenvalue weighted by molar-refractivity contribution is 6.30. The van der Waals surface area contributed by atoms with Gasteiger partial charge in [-0.2, -0.15) is 0 Å². The van der Waals surface area contributed by atoms with E-state index in [0.717, 1.165) is 58.0 Å². The standard InChI is InChI=1S/C33H36ClNO3.C27H30ClNO3/c1-35(2)22-24-38-31-19-15-29(16-20-31)33(36,28-11-7-4-8-12-28)32(27-13-17-30(34)18-14-27)21-23-37-25-26-9-5-3-6-10-26;1-29(2)17-19-32-25-14-10-23(11-15-25)27(30)26(22-8-12-24(28)13-9-22)16-18-31-20-21-6-4-3-5-7-21/h3-20,32,36H,21-25H2,1-2H3;3-15,26H,16-20H2,1-2H3. The lowest BCUT2D eigenvalue weighted by molar-refractivity contribution is 0.0275. The predicted molar refractivity (Wildman–Crippen MR) is 285 cm³/mol. The minimum absolute atomic E-state index is 0.0653. The molecule has 0 amide bonds. The average molecular weight is 982 g/mol. The maximum atomic E-state index is 13.4. The lowest BCUT2D eigenvalue weighted by Crippen LogP contribution is -2.35. The van der Waals surface area contributed by atoms with E-state index in [1.54, 1.807) is 0 Å². The molecule has 0 saturated carbocycles. The maximum Gasteiger partial charge on any atom is 0.170 e. The Balaban J connectivity index is 0.000000233. The first-order chi connectivity index (χ1) is 34.0. The van der Waals surface area contributed by atoms with E-state index in [4.69, 9.17) is 42.1 Å². The molecule has 0 aliphatic rings. The number of carbonyl (C=O) groups is 1. The number of ether oxygens (including phenoxy) is 4. The third-order valence-corrected chi connectivity index (χ3v) is 12.5. The van der Waals surface area contributed by atoms with E-state index in [0.29, 0.717) is 68.1 Å². The van der Waals surface area contributed by atoms with E-state index in [1.165, 1.54) is 0 Å². The third-order valence-electron chi connectivity index (χ3n) is 12.0. The summed E-state index contributed by atoms with van der Waals surface area (Å²) < 4.78 is 23.6. The molecule has 3 unspecified atom stereocenters. The summed E-state index contributed by atoms with van der Waals surface area (Å²) in [6.45, 7) is 4.90. The van der Waals surface area contributed by atoms with Crippen LogP contribution >= 0.6 is 23.2 Å². The van der Waals surface area contributed by atoms with Crippen molar-refractivity contribution in [2.24, 2.45) is 0 Å². The Labute approximate surface area is 425 Å². The summed E-state index contributed by atoms with van der Waals surface area (Å²) in [4.78, 5) is 17.5. The van der Waals surface area contributed by atoms with Crippen LogP contribution in [0.2, 0.25) is 10.0 Å². The van der Waals surface area contributed by atoms with Crippen LogP contribution in [0.1, 0.15) is 68.4 Å². The number of carbonyl (C=O) groups excluding carboxylic acids is 1. The number of hydrogen-bond donors (Lipinski definition) is 1. The van der Waals surface area contributed by atoms with E-state index >= 15 is 0 Å². The molecule has 7 aromatic carbocycles. The van der Waals surface area contributed by atoms with E-state index < -0.39 is 5.60 Å². The van der Waals surface area contributed by atoms with E-state index in [1.807, 2.05) is 204 Å². The van der Waals surface area contributed by atoms with Gasteiger partial charge in [0.15, 0.2) is 5.78 Å². The van der Waals surface area contributed by atoms with Crippen LogP contribution in [0.15, 0.2) is 188 Å². The van der Waals surface area contributed by atoms with Crippen LogP contribution in [-0.4, -0.2) is 88.4 Å². The van der Waals surface area contributed by atoms with Crippen LogP contribution in [0, 0.1) is 0 Å². The predicted octanol–water partition coefficient (Wildman–Crippen LogP) is 12.8. The minimum Gasteiger partial charge on any atom is -0.492 e. The van der Waals surface area contributed by atoms with Crippen LogP contribution in [0.25, 0.3) is 0 Å². The van der Waals surface area contributed by atoms with Gasteiger partial charge >= 0.3 is 0 Å². The summed E-state index contributed by atoms with van der Waals surface area (Å²) >= 11 is 12.3. The number of likely N-dealkylation sites (N-methyl/N-ethyl adjacent to an activating group) is 2.